The lowest BCUT2D eigenvalue weighted by Crippen LogP contribution is -3.00. The number of hydrogen-bond donors (Lipinski definition) is 1. The minimum atomic E-state index is 0. The molecule has 0 aliphatic carbocycles. The van der Waals surface area contributed by atoms with Crippen LogP contribution in [0.2, 0.25) is 0 Å². The summed E-state index contributed by atoms with van der Waals surface area (Å²) >= 11 is 5.29. The highest BCUT2D eigenvalue weighted by Crippen LogP contribution is 2.36. The second-order valence-electron chi connectivity index (χ2n) is 4.22. The molecule has 0 radical (unpaired) electrons. The van der Waals surface area contributed by atoms with Crippen molar-refractivity contribution in [3.63, 3.8) is 0 Å². The van der Waals surface area contributed by atoms with Gasteiger partial charge in [0, 0.05) is 18.0 Å². The predicted molar refractivity (Wildman–Crippen MR) is 86.7 cm³/mol. The molecule has 2 aromatic rings. The summed E-state index contributed by atoms with van der Waals surface area (Å²) in [6.45, 7) is 4.26. The zero-order chi connectivity index (χ0) is 14.4. The Labute approximate surface area is 144 Å². The van der Waals surface area contributed by atoms with Crippen molar-refractivity contribution < 1.29 is 21.9 Å². The summed E-state index contributed by atoms with van der Waals surface area (Å²) < 4.78 is 11.9. The molecule has 116 valence electrons. The van der Waals surface area contributed by atoms with E-state index in [-0.39, 0.29) is 12.4 Å². The van der Waals surface area contributed by atoms with Gasteiger partial charge in [-0.25, -0.2) is 0 Å². The van der Waals surface area contributed by atoms with E-state index in [0.29, 0.717) is 6.61 Å². The molecule has 0 saturated heterocycles. The average molecular weight is 392 g/mol. The van der Waals surface area contributed by atoms with Crippen LogP contribution in [0.1, 0.15) is 17.4 Å². The van der Waals surface area contributed by atoms with Crippen LogP contribution < -0.4 is 27.2 Å². The summed E-state index contributed by atoms with van der Waals surface area (Å²) in [5.74, 6) is 1.52. The lowest BCUT2D eigenvalue weighted by atomic mass is 10.2. The highest BCUT2D eigenvalue weighted by molar-refractivity contribution is 9.10. The standard InChI is InChI=1S/C15H18BrNO2S.ClH/c1-3-19-14-8-11(7-13(16)15(14)18-2)9-17-10-12-5-4-6-20-12;/h4-8,17H,3,9-10H2,1-2H3;1H/p-1. The van der Waals surface area contributed by atoms with E-state index in [0.717, 1.165) is 34.6 Å². The summed E-state index contributed by atoms with van der Waals surface area (Å²) in [6, 6.07) is 8.28. The smallest absolute Gasteiger partial charge is 0.174 e. The Morgan fingerprint density at radius 1 is 1.29 bits per heavy atom. The average Bonchev–Trinajstić information content (AvgIpc) is 2.92. The first-order chi connectivity index (χ1) is 9.74. The molecule has 0 fully saturated rings. The number of halogens is 2. The zero-order valence-corrected chi connectivity index (χ0v) is 15.1. The van der Waals surface area contributed by atoms with Crippen LogP contribution in [0.15, 0.2) is 34.1 Å². The highest BCUT2D eigenvalue weighted by atomic mass is 79.9. The molecule has 0 spiro atoms. The van der Waals surface area contributed by atoms with E-state index in [1.54, 1.807) is 18.4 Å². The van der Waals surface area contributed by atoms with Crippen molar-refractivity contribution >= 4 is 27.3 Å². The van der Waals surface area contributed by atoms with Gasteiger partial charge in [0.1, 0.15) is 0 Å². The van der Waals surface area contributed by atoms with Crippen molar-refractivity contribution in [3.05, 3.63) is 44.6 Å². The van der Waals surface area contributed by atoms with Crippen LogP contribution in [0.3, 0.4) is 0 Å². The van der Waals surface area contributed by atoms with Gasteiger partial charge in [-0.3, -0.25) is 0 Å². The van der Waals surface area contributed by atoms with Crippen LogP contribution in [0, 0.1) is 0 Å². The Morgan fingerprint density at radius 3 is 2.71 bits per heavy atom. The van der Waals surface area contributed by atoms with Gasteiger partial charge in [0.15, 0.2) is 11.5 Å². The zero-order valence-electron chi connectivity index (χ0n) is 12.0. The largest absolute Gasteiger partial charge is 1.00 e. The van der Waals surface area contributed by atoms with Crippen molar-refractivity contribution in [1.29, 1.82) is 0 Å². The number of nitrogens with one attached hydrogen (secondary N) is 1. The Balaban J connectivity index is 0.00000220. The van der Waals surface area contributed by atoms with Gasteiger partial charge in [-0.15, -0.1) is 11.3 Å². The molecular weight excluding hydrogens is 374 g/mol. The molecule has 0 aliphatic heterocycles. The van der Waals surface area contributed by atoms with E-state index in [4.69, 9.17) is 9.47 Å². The van der Waals surface area contributed by atoms with Gasteiger partial charge in [-0.05, 0) is 52.0 Å². The highest BCUT2D eigenvalue weighted by Gasteiger charge is 2.10. The van der Waals surface area contributed by atoms with Crippen molar-refractivity contribution in [2.24, 2.45) is 0 Å². The first-order valence-corrected chi connectivity index (χ1v) is 8.14. The quantitative estimate of drug-likeness (QED) is 0.770. The van der Waals surface area contributed by atoms with Crippen molar-refractivity contribution in [2.45, 2.75) is 20.0 Å². The normalized spacial score (nSPS) is 10.0. The van der Waals surface area contributed by atoms with Crippen LogP contribution >= 0.6 is 27.3 Å². The maximum absolute atomic E-state index is 5.62. The minimum absolute atomic E-state index is 0. The molecule has 1 aromatic carbocycles. The fraction of sp³-hybridized carbons (Fsp3) is 0.333. The van der Waals surface area contributed by atoms with Crippen LogP contribution in [-0.2, 0) is 13.1 Å². The molecular formula is C15H18BrClNO2S-. The molecule has 1 heterocycles. The Bertz CT molecular complexity index is 549. The SMILES string of the molecule is CCOc1cc(CNCc2cccs2)cc(Br)c1OC.[Cl-]. The molecule has 3 nitrogen and oxygen atoms in total. The fourth-order valence-corrected chi connectivity index (χ4v) is 3.25. The molecule has 0 bridgehead atoms. The molecule has 1 aromatic heterocycles. The second-order valence-corrected chi connectivity index (χ2v) is 6.11. The van der Waals surface area contributed by atoms with Crippen LogP contribution in [0.4, 0.5) is 0 Å². The first-order valence-electron chi connectivity index (χ1n) is 6.47. The van der Waals surface area contributed by atoms with E-state index in [1.165, 1.54) is 4.88 Å². The molecule has 0 unspecified atom stereocenters. The number of thiophene rings is 1. The van der Waals surface area contributed by atoms with Gasteiger partial charge >= 0.3 is 0 Å². The van der Waals surface area contributed by atoms with E-state index in [1.807, 2.05) is 13.0 Å². The number of rotatable bonds is 7. The molecule has 0 aliphatic rings. The van der Waals surface area contributed by atoms with Crippen molar-refractivity contribution in [3.8, 4) is 11.5 Å². The summed E-state index contributed by atoms with van der Waals surface area (Å²) in [4.78, 5) is 1.34. The molecule has 0 amide bonds. The summed E-state index contributed by atoms with van der Waals surface area (Å²) in [7, 11) is 1.65. The molecule has 0 atom stereocenters. The van der Waals surface area contributed by atoms with Crippen molar-refractivity contribution in [1.82, 2.24) is 5.32 Å². The number of benzene rings is 1. The Morgan fingerprint density at radius 2 is 2.10 bits per heavy atom. The van der Waals surface area contributed by atoms with E-state index < -0.39 is 0 Å². The van der Waals surface area contributed by atoms with E-state index in [9.17, 15) is 0 Å². The number of methoxy groups -OCH3 is 1. The molecule has 21 heavy (non-hydrogen) atoms. The maximum atomic E-state index is 5.62. The maximum Gasteiger partial charge on any atom is 0.174 e. The first kappa shape index (κ1) is 18.3. The Kier molecular flexibility index (Phi) is 8.11. The number of ether oxygens (including phenoxy) is 2. The summed E-state index contributed by atoms with van der Waals surface area (Å²) in [5, 5.41) is 5.52. The molecule has 0 saturated carbocycles. The van der Waals surface area contributed by atoms with Gasteiger partial charge < -0.3 is 27.2 Å². The lowest BCUT2D eigenvalue weighted by Gasteiger charge is -2.13. The van der Waals surface area contributed by atoms with E-state index in [2.05, 4.69) is 44.8 Å². The third kappa shape index (κ3) is 5.18. The topological polar surface area (TPSA) is 30.5 Å². The Hall–Kier alpha value is -0.750. The lowest BCUT2D eigenvalue weighted by molar-refractivity contribution is -0.00000468. The van der Waals surface area contributed by atoms with Gasteiger partial charge in [0.2, 0.25) is 0 Å². The third-order valence-corrected chi connectivity index (χ3v) is 4.25. The summed E-state index contributed by atoms with van der Waals surface area (Å²) in [5.41, 5.74) is 1.16. The van der Waals surface area contributed by atoms with Crippen LogP contribution in [0.25, 0.3) is 0 Å². The predicted octanol–water partition coefficient (Wildman–Crippen LogP) is 1.21. The molecule has 2 rings (SSSR count). The third-order valence-electron chi connectivity index (χ3n) is 2.78. The van der Waals surface area contributed by atoms with E-state index >= 15 is 0 Å². The van der Waals surface area contributed by atoms with Gasteiger partial charge in [0.05, 0.1) is 18.2 Å². The summed E-state index contributed by atoms with van der Waals surface area (Å²) in [6.07, 6.45) is 0. The van der Waals surface area contributed by atoms with Crippen LogP contribution in [-0.4, -0.2) is 13.7 Å². The van der Waals surface area contributed by atoms with Crippen LogP contribution in [0.5, 0.6) is 11.5 Å². The molecule has 6 heteroatoms. The minimum Gasteiger partial charge on any atom is -1.00 e. The monoisotopic (exact) mass is 390 g/mol. The van der Waals surface area contributed by atoms with Crippen molar-refractivity contribution in [2.75, 3.05) is 13.7 Å². The fourth-order valence-electron chi connectivity index (χ4n) is 1.93. The van der Waals surface area contributed by atoms with Gasteiger partial charge in [-0.2, -0.15) is 0 Å². The number of hydrogen-bond acceptors (Lipinski definition) is 4. The second kappa shape index (κ2) is 9.30. The van der Waals surface area contributed by atoms with Gasteiger partial charge in [0.25, 0.3) is 0 Å². The molecule has 1 N–H and O–H groups in total. The van der Waals surface area contributed by atoms with Gasteiger partial charge in [-0.1, -0.05) is 6.07 Å².